The van der Waals surface area contributed by atoms with Crippen LogP contribution in [0.2, 0.25) is 90.7 Å². The number of carbonyl (C=O) groups excluding carboxylic acids is 3. The number of allylic oxidation sites excluding steroid dienone is 1. The summed E-state index contributed by atoms with van der Waals surface area (Å²) in [4.78, 5) is 41.9. The monoisotopic (exact) mass is 1720 g/mol. The fourth-order valence-electron chi connectivity index (χ4n) is 13.5. The first-order valence-electron chi connectivity index (χ1n) is 38.6. The van der Waals surface area contributed by atoms with Gasteiger partial charge in [-0.25, -0.2) is 4.79 Å². The summed E-state index contributed by atoms with van der Waals surface area (Å²) in [6.07, 6.45) is 0.777. The lowest BCUT2D eigenvalue weighted by molar-refractivity contribution is -0.266. The molecular formula is C78H136F3IO18SSi5. The normalized spacial score (nSPS) is 29.1. The van der Waals surface area contributed by atoms with Crippen LogP contribution in [0.1, 0.15) is 198 Å². The van der Waals surface area contributed by atoms with Crippen molar-refractivity contribution in [3.63, 3.8) is 0 Å². The smallest absolute Gasteiger partial charge is 0.455 e. The van der Waals surface area contributed by atoms with Gasteiger partial charge in [0.05, 0.1) is 73.2 Å². The van der Waals surface area contributed by atoms with Crippen LogP contribution in [0.15, 0.2) is 54.8 Å². The van der Waals surface area contributed by atoms with Gasteiger partial charge in [0.1, 0.15) is 53.9 Å². The van der Waals surface area contributed by atoms with E-state index >= 15 is 4.79 Å². The highest BCUT2D eigenvalue weighted by molar-refractivity contribution is 14.1. The van der Waals surface area contributed by atoms with E-state index < -0.39 is 160 Å². The number of hydrogen-bond acceptors (Lipinski definition) is 18. The van der Waals surface area contributed by atoms with Gasteiger partial charge in [0.15, 0.2) is 41.6 Å². The first-order valence-corrected chi connectivity index (χ1v) is 56.1. The van der Waals surface area contributed by atoms with E-state index in [2.05, 4.69) is 203 Å². The van der Waals surface area contributed by atoms with Crippen molar-refractivity contribution in [3.05, 3.63) is 60.4 Å². The molecule has 28 heteroatoms. The molecule has 0 saturated carbocycles. The highest BCUT2D eigenvalue weighted by atomic mass is 127. The molecule has 0 aromatic heterocycles. The average molecular weight is 1720 g/mol. The molecule has 5 aliphatic heterocycles. The van der Waals surface area contributed by atoms with Crippen LogP contribution in [0.5, 0.6) is 0 Å². The van der Waals surface area contributed by atoms with Crippen LogP contribution in [0, 0.1) is 11.8 Å². The second-order valence-corrected chi connectivity index (χ2v) is 64.7. The Balaban J connectivity index is 1.35. The first-order chi connectivity index (χ1) is 48.2. The topological polar surface area (TPSA) is 205 Å². The molecule has 1 unspecified atom stereocenters. The molecule has 0 radical (unpaired) electrons. The van der Waals surface area contributed by atoms with Crippen LogP contribution >= 0.6 is 22.6 Å². The van der Waals surface area contributed by atoms with Crippen molar-refractivity contribution in [3.8, 4) is 0 Å². The second kappa shape index (κ2) is 35.7. The molecule has 5 saturated heterocycles. The van der Waals surface area contributed by atoms with Gasteiger partial charge in [-0.15, -0.1) is 0 Å². The lowest BCUT2D eigenvalue weighted by Crippen LogP contribution is -2.69. The zero-order valence-electron chi connectivity index (χ0n) is 69.3. The number of ketones is 1. The number of aldehydes is 1. The van der Waals surface area contributed by atoms with Gasteiger partial charge in [-0.05, 0) is 154 Å². The maximum absolute atomic E-state index is 15.0. The third-order valence-corrected chi connectivity index (χ3v) is 50.0. The van der Waals surface area contributed by atoms with E-state index in [1.54, 1.807) is 38.3 Å². The zero-order valence-corrected chi connectivity index (χ0v) is 77.3. The summed E-state index contributed by atoms with van der Waals surface area (Å²) in [6.45, 7) is 61.1. The minimum atomic E-state index is -5.89. The van der Waals surface area contributed by atoms with Crippen molar-refractivity contribution in [2.45, 2.75) is 381 Å². The van der Waals surface area contributed by atoms with Crippen LogP contribution in [0.25, 0.3) is 0 Å². The molecule has 0 amide bonds. The van der Waals surface area contributed by atoms with Crippen LogP contribution in [-0.4, -0.2) is 189 Å². The van der Waals surface area contributed by atoms with Crippen molar-refractivity contribution < 1.29 is 95.4 Å². The van der Waals surface area contributed by atoms with Crippen LogP contribution in [-0.2, 0) is 79.2 Å². The molecule has 5 heterocycles. The van der Waals surface area contributed by atoms with E-state index in [9.17, 15) is 31.2 Å². The number of halogens is 4. The Morgan fingerprint density at radius 3 is 1.76 bits per heavy atom. The average Bonchev–Trinajstić information content (AvgIpc) is 0.925. The number of ether oxygens (including phenoxy) is 7. The highest BCUT2D eigenvalue weighted by Crippen LogP contribution is 2.51. The SMILES string of the molecule is C=C(OS(=O)(=O)C(F)(F)F)[C@H](C)C[C@H]1CC[C@@H]2O[C@@H](CCC(/C=C/[C@H](O[Si](C)(C)C(C)(C)C)[C@@H]3O[C@H]4CC[C@H](CC(=O)C[C@@H]5[C@@H](OC)[C@@H](C[C@@H](CO[Si](C)(C)C(C)(C)C)O[Si](C)(C)C(C)(C)C)O[C@H]5CC=O)O[C@@H]4[C@H](O[Si](C)(C)C(C)(C)C)[C@@H]3O[Si](C)(C)C(C)(C)C)OC(=O)c3ccccc3)C[C@]2(CI)O1. The van der Waals surface area contributed by atoms with E-state index in [1.165, 1.54) is 0 Å². The van der Waals surface area contributed by atoms with Crippen molar-refractivity contribution in [1.82, 2.24) is 0 Å². The molecule has 6 rings (SSSR count). The van der Waals surface area contributed by atoms with Gasteiger partial charge in [0.25, 0.3) is 0 Å². The van der Waals surface area contributed by atoms with E-state index in [-0.39, 0.29) is 75.0 Å². The van der Waals surface area contributed by atoms with Crippen molar-refractivity contribution in [2.75, 3.05) is 18.1 Å². The summed E-state index contributed by atoms with van der Waals surface area (Å²) in [7, 11) is -17.0. The van der Waals surface area contributed by atoms with Crippen molar-refractivity contribution in [1.29, 1.82) is 0 Å². The van der Waals surface area contributed by atoms with Gasteiger partial charge in [-0.3, -0.25) is 4.79 Å². The lowest BCUT2D eigenvalue weighted by atomic mass is 9.85. The predicted octanol–water partition coefficient (Wildman–Crippen LogP) is 19.1. The lowest BCUT2D eigenvalue weighted by Gasteiger charge is -2.56. The largest absolute Gasteiger partial charge is 0.534 e. The Hall–Kier alpha value is -1.58. The molecular weight excluding hydrogens is 1580 g/mol. The Morgan fingerprint density at radius 2 is 1.23 bits per heavy atom. The van der Waals surface area contributed by atoms with Gasteiger partial charge >= 0.3 is 21.6 Å². The summed E-state index contributed by atoms with van der Waals surface area (Å²) < 4.78 is 154. The minimum Gasteiger partial charge on any atom is -0.455 e. The standard InChI is InChI=1S/C78H136F3IO18SSi5/c1-51(52(2)96-101(86,87)78(79,80)81)44-57-38-41-65-77(50-82,95-57)48-58(90-65)35-34-55(92-71(85)53-32-30-29-31-33-53)36-40-63(98-104(23,24)74(9,10)11)68-70(100-106(27,28)76(15,16)17)69(99-105(25,26)75(12,13)14)67-62(94-68)39-37-56(91-67)45-54(84)46-60-61(42-43-83)93-64(66(60)88-18)47-59(97-103(21,22)73(6,7)8)49-89-102(19,20)72(3,4)5/h29-33,36,40,43,51,55-70H,2,34-35,37-39,41-42,44-50H2,1,3-28H3/b40-36+/t51-,55?,56-,57-,58+,59+,60+,61+,62+,63+,64-,65+,66-,67+,68+,69+,70-,77-/m1/s1. The third kappa shape index (κ3) is 23.6. The maximum atomic E-state index is 15.0. The Kier molecular flexibility index (Phi) is 31.4. The molecule has 5 aliphatic rings. The molecule has 18 atom stereocenters. The van der Waals surface area contributed by atoms with E-state index in [1.807, 2.05) is 18.2 Å². The summed E-state index contributed by atoms with van der Waals surface area (Å²) in [6, 6.07) is 8.85. The van der Waals surface area contributed by atoms with Gasteiger partial charge in [-0.1, -0.05) is 164 Å². The molecule has 0 bridgehead atoms. The fraction of sp³-hybridized carbons (Fsp3) is 0.833. The number of carbonyl (C=O) groups is 3. The fourth-order valence-corrected chi connectivity index (χ4v) is 21.3. The number of Topliss-reactive ketones (excluding diaryl/α,β-unsaturated/α-hetero) is 1. The van der Waals surface area contributed by atoms with Crippen LogP contribution < -0.4 is 0 Å². The number of hydrogen-bond donors (Lipinski definition) is 0. The number of methoxy groups -OCH3 is 1. The first kappa shape index (κ1) is 93.3. The Labute approximate surface area is 654 Å². The van der Waals surface area contributed by atoms with Gasteiger partial charge in [-0.2, -0.15) is 21.6 Å². The Bertz CT molecular complexity index is 3220. The number of esters is 1. The molecule has 610 valence electrons. The summed E-state index contributed by atoms with van der Waals surface area (Å²) in [5.41, 5.74) is -5.97. The molecule has 0 N–H and O–H groups in total. The minimum absolute atomic E-state index is 0.0196. The molecule has 1 aromatic rings. The second-order valence-electron chi connectivity index (χ2n) is 38.5. The van der Waals surface area contributed by atoms with Crippen molar-refractivity contribution >= 4 is 92.3 Å². The van der Waals surface area contributed by atoms with E-state index in [0.717, 1.165) is 6.29 Å². The number of benzene rings is 1. The predicted molar refractivity (Wildman–Crippen MR) is 432 cm³/mol. The number of fused-ring (bicyclic) bond motifs is 2. The molecule has 5 fully saturated rings. The highest BCUT2D eigenvalue weighted by Gasteiger charge is 2.60. The van der Waals surface area contributed by atoms with E-state index in [0.29, 0.717) is 68.0 Å². The summed E-state index contributed by atoms with van der Waals surface area (Å²) in [5.74, 6) is -2.24. The molecule has 18 nitrogen and oxygen atoms in total. The molecule has 0 spiro atoms. The van der Waals surface area contributed by atoms with Gasteiger partial charge in [0, 0.05) is 55.5 Å². The van der Waals surface area contributed by atoms with Crippen molar-refractivity contribution in [2.24, 2.45) is 11.8 Å². The molecule has 1 aromatic carbocycles. The van der Waals surface area contributed by atoms with Crippen LogP contribution in [0.4, 0.5) is 13.2 Å². The maximum Gasteiger partial charge on any atom is 0.534 e. The van der Waals surface area contributed by atoms with Crippen LogP contribution in [0.3, 0.4) is 0 Å². The molecule has 0 aliphatic carbocycles. The quantitative estimate of drug-likeness (QED) is 0.00724. The van der Waals surface area contributed by atoms with E-state index in [4.69, 9.17) is 55.3 Å². The number of alkyl halides is 4. The van der Waals surface area contributed by atoms with Gasteiger partial charge in [0.2, 0.25) is 0 Å². The zero-order chi connectivity index (χ0) is 80.4. The summed E-state index contributed by atoms with van der Waals surface area (Å²) in [5, 5.41) is -0.910. The number of rotatable bonds is 34. The third-order valence-electron chi connectivity index (χ3n) is 25.3. The van der Waals surface area contributed by atoms with Gasteiger partial charge < -0.3 is 64.3 Å². The summed E-state index contributed by atoms with van der Waals surface area (Å²) >= 11 is 2.29. The Morgan fingerprint density at radius 1 is 0.670 bits per heavy atom. The molecule has 106 heavy (non-hydrogen) atoms.